The van der Waals surface area contributed by atoms with Gasteiger partial charge in [-0.25, -0.2) is 9.97 Å². The Morgan fingerprint density at radius 1 is 0.950 bits per heavy atom. The zero-order valence-corrected chi connectivity index (χ0v) is 13.9. The molecule has 0 amide bonds. The average molecular weight is 288 g/mol. The van der Waals surface area contributed by atoms with Crippen molar-refractivity contribution in [2.75, 3.05) is 0 Å². The number of aryl methyl sites for hydroxylation is 3. The summed E-state index contributed by atoms with van der Waals surface area (Å²) >= 11 is 1.84. The molecule has 0 aromatic carbocycles. The summed E-state index contributed by atoms with van der Waals surface area (Å²) in [6, 6.07) is 0. The summed E-state index contributed by atoms with van der Waals surface area (Å²) in [5, 5.41) is 0. The van der Waals surface area contributed by atoms with Crippen molar-refractivity contribution in [3.63, 3.8) is 0 Å². The Morgan fingerprint density at radius 3 is 2.25 bits per heavy atom. The summed E-state index contributed by atoms with van der Waals surface area (Å²) in [6.45, 7) is 8.89. The maximum absolute atomic E-state index is 4.99. The molecule has 0 spiro atoms. The minimum Gasteiger partial charge on any atom is -0.236 e. The molecule has 20 heavy (non-hydrogen) atoms. The Bertz CT molecular complexity index is 634. The zero-order valence-electron chi connectivity index (χ0n) is 13.0. The van der Waals surface area contributed by atoms with E-state index in [4.69, 9.17) is 9.97 Å². The van der Waals surface area contributed by atoms with Crippen LogP contribution in [-0.2, 0) is 5.41 Å². The maximum atomic E-state index is 4.99. The summed E-state index contributed by atoms with van der Waals surface area (Å²) in [5.74, 6) is 1.09. The molecule has 0 radical (unpaired) electrons. The van der Waals surface area contributed by atoms with Gasteiger partial charge in [-0.15, -0.1) is 11.3 Å². The molecule has 1 fully saturated rings. The molecule has 108 valence electrons. The van der Waals surface area contributed by atoms with Crippen LogP contribution >= 0.6 is 11.3 Å². The van der Waals surface area contributed by atoms with Crippen LogP contribution in [-0.4, -0.2) is 9.97 Å². The van der Waals surface area contributed by atoms with Crippen LogP contribution in [0.15, 0.2) is 0 Å². The first-order chi connectivity index (χ1) is 9.51. The van der Waals surface area contributed by atoms with Gasteiger partial charge in [-0.1, -0.05) is 32.6 Å². The van der Waals surface area contributed by atoms with Crippen molar-refractivity contribution in [1.82, 2.24) is 9.97 Å². The second-order valence-corrected chi connectivity index (χ2v) is 7.79. The highest BCUT2D eigenvalue weighted by atomic mass is 32.1. The zero-order chi connectivity index (χ0) is 14.3. The van der Waals surface area contributed by atoms with Crippen molar-refractivity contribution in [1.29, 1.82) is 0 Å². The first kappa shape index (κ1) is 14.0. The van der Waals surface area contributed by atoms with E-state index in [0.29, 0.717) is 0 Å². The largest absolute Gasteiger partial charge is 0.236 e. The number of hydrogen-bond acceptors (Lipinski definition) is 3. The van der Waals surface area contributed by atoms with Crippen molar-refractivity contribution in [2.24, 2.45) is 0 Å². The molecule has 2 heterocycles. The monoisotopic (exact) mass is 288 g/mol. The first-order valence-corrected chi connectivity index (χ1v) is 8.58. The topological polar surface area (TPSA) is 25.8 Å². The standard InChI is InChI=1S/C17H24N2S/c1-11-13(3)20-15-12(2)18-16(19-14(11)15)17(4)9-7-5-6-8-10-17/h5-10H2,1-4H3. The van der Waals surface area contributed by atoms with Gasteiger partial charge in [0.2, 0.25) is 0 Å². The summed E-state index contributed by atoms with van der Waals surface area (Å²) in [6.07, 6.45) is 7.85. The highest BCUT2D eigenvalue weighted by Crippen LogP contribution is 2.38. The van der Waals surface area contributed by atoms with Crippen LogP contribution in [0.4, 0.5) is 0 Å². The van der Waals surface area contributed by atoms with Gasteiger partial charge >= 0.3 is 0 Å². The molecule has 0 atom stereocenters. The van der Waals surface area contributed by atoms with E-state index < -0.39 is 0 Å². The second kappa shape index (κ2) is 5.10. The molecule has 1 aliphatic carbocycles. The van der Waals surface area contributed by atoms with E-state index >= 15 is 0 Å². The van der Waals surface area contributed by atoms with Crippen LogP contribution in [0.1, 0.15) is 67.4 Å². The van der Waals surface area contributed by atoms with Gasteiger partial charge in [0.15, 0.2) is 0 Å². The normalized spacial score (nSPS) is 19.2. The summed E-state index contributed by atoms with van der Waals surface area (Å²) in [4.78, 5) is 11.3. The van der Waals surface area contributed by atoms with Gasteiger partial charge < -0.3 is 0 Å². The molecule has 1 saturated carbocycles. The molecule has 0 saturated heterocycles. The minimum absolute atomic E-state index is 0.178. The first-order valence-electron chi connectivity index (χ1n) is 7.76. The number of fused-ring (bicyclic) bond motifs is 1. The number of thiophene rings is 1. The van der Waals surface area contributed by atoms with Crippen LogP contribution in [0.2, 0.25) is 0 Å². The molecule has 0 aliphatic heterocycles. The van der Waals surface area contributed by atoms with E-state index in [1.165, 1.54) is 59.2 Å². The minimum atomic E-state index is 0.178. The average Bonchev–Trinajstić information content (AvgIpc) is 2.61. The molecular formula is C17H24N2S. The van der Waals surface area contributed by atoms with E-state index in [1.807, 2.05) is 11.3 Å². The van der Waals surface area contributed by atoms with E-state index in [0.717, 1.165) is 11.5 Å². The fourth-order valence-corrected chi connectivity index (χ4v) is 4.38. The van der Waals surface area contributed by atoms with Crippen molar-refractivity contribution < 1.29 is 0 Å². The highest BCUT2D eigenvalue weighted by molar-refractivity contribution is 7.19. The summed E-state index contributed by atoms with van der Waals surface area (Å²) < 4.78 is 1.28. The Hall–Kier alpha value is -0.960. The smallest absolute Gasteiger partial charge is 0.135 e. The molecule has 0 unspecified atom stereocenters. The molecule has 0 bridgehead atoms. The van der Waals surface area contributed by atoms with Gasteiger partial charge in [-0.05, 0) is 39.2 Å². The molecule has 3 heteroatoms. The SMILES string of the molecule is Cc1sc2c(C)nc(C3(C)CCCCCC3)nc2c1C. The second-order valence-electron chi connectivity index (χ2n) is 6.57. The predicted molar refractivity (Wildman–Crippen MR) is 86.7 cm³/mol. The van der Waals surface area contributed by atoms with Crippen molar-refractivity contribution in [3.8, 4) is 0 Å². The summed E-state index contributed by atoms with van der Waals surface area (Å²) in [5.41, 5.74) is 3.88. The van der Waals surface area contributed by atoms with Crippen LogP contribution in [0.5, 0.6) is 0 Å². The van der Waals surface area contributed by atoms with E-state index in [2.05, 4.69) is 27.7 Å². The Labute approximate surface area is 125 Å². The lowest BCUT2D eigenvalue weighted by Crippen LogP contribution is -2.24. The highest BCUT2D eigenvalue weighted by Gasteiger charge is 2.31. The number of hydrogen-bond donors (Lipinski definition) is 0. The maximum Gasteiger partial charge on any atom is 0.135 e. The number of aromatic nitrogens is 2. The van der Waals surface area contributed by atoms with E-state index in [-0.39, 0.29) is 5.41 Å². The third-order valence-corrected chi connectivity index (χ3v) is 6.23. The number of nitrogens with zero attached hydrogens (tertiary/aromatic N) is 2. The van der Waals surface area contributed by atoms with Crippen molar-refractivity contribution in [2.45, 2.75) is 71.6 Å². The molecule has 1 aliphatic rings. The molecule has 0 N–H and O–H groups in total. The Kier molecular flexibility index (Phi) is 3.57. The lowest BCUT2D eigenvalue weighted by atomic mass is 9.81. The Morgan fingerprint density at radius 2 is 1.60 bits per heavy atom. The molecule has 2 aromatic heterocycles. The number of rotatable bonds is 1. The van der Waals surface area contributed by atoms with Gasteiger partial charge in [0.1, 0.15) is 5.82 Å². The molecule has 2 nitrogen and oxygen atoms in total. The predicted octanol–water partition coefficient (Wildman–Crippen LogP) is 5.23. The van der Waals surface area contributed by atoms with Crippen LogP contribution < -0.4 is 0 Å². The third kappa shape index (κ3) is 2.26. The van der Waals surface area contributed by atoms with Crippen LogP contribution in [0, 0.1) is 20.8 Å². The fourth-order valence-electron chi connectivity index (χ4n) is 3.34. The van der Waals surface area contributed by atoms with Crippen LogP contribution in [0.3, 0.4) is 0 Å². The van der Waals surface area contributed by atoms with Crippen molar-refractivity contribution in [3.05, 3.63) is 22.0 Å². The lowest BCUT2D eigenvalue weighted by molar-refractivity contribution is 0.386. The molecule has 3 rings (SSSR count). The van der Waals surface area contributed by atoms with Gasteiger partial charge in [0.25, 0.3) is 0 Å². The third-order valence-electron chi connectivity index (χ3n) is 4.92. The quantitative estimate of drug-likeness (QED) is 0.672. The molecule has 2 aromatic rings. The van der Waals surface area contributed by atoms with E-state index in [9.17, 15) is 0 Å². The van der Waals surface area contributed by atoms with Gasteiger partial charge in [-0.3, -0.25) is 0 Å². The van der Waals surface area contributed by atoms with Gasteiger partial charge in [-0.2, -0.15) is 0 Å². The van der Waals surface area contributed by atoms with E-state index in [1.54, 1.807) is 0 Å². The van der Waals surface area contributed by atoms with Crippen LogP contribution in [0.25, 0.3) is 10.2 Å². The fraction of sp³-hybridized carbons (Fsp3) is 0.647. The molecular weight excluding hydrogens is 264 g/mol. The Balaban J connectivity index is 2.13. The van der Waals surface area contributed by atoms with Gasteiger partial charge in [0, 0.05) is 10.3 Å². The lowest BCUT2D eigenvalue weighted by Gasteiger charge is -2.26. The van der Waals surface area contributed by atoms with Crippen molar-refractivity contribution >= 4 is 21.6 Å². The summed E-state index contributed by atoms with van der Waals surface area (Å²) in [7, 11) is 0. The van der Waals surface area contributed by atoms with Gasteiger partial charge in [0.05, 0.1) is 15.9 Å².